The Balaban J connectivity index is 1.51. The number of rotatable bonds is 4. The number of aromatic nitrogens is 1. The predicted octanol–water partition coefficient (Wildman–Crippen LogP) is 6.68. The zero-order chi connectivity index (χ0) is 23.4. The summed E-state index contributed by atoms with van der Waals surface area (Å²) in [4.78, 5) is 18.5. The monoisotopic (exact) mass is 448 g/mol. The van der Waals surface area contributed by atoms with Gasteiger partial charge in [0, 0.05) is 30.3 Å². The Labute approximate surface area is 194 Å². The van der Waals surface area contributed by atoms with Crippen molar-refractivity contribution in [2.45, 2.75) is 51.9 Å². The van der Waals surface area contributed by atoms with E-state index in [2.05, 4.69) is 4.98 Å². The number of carbonyl (C=O) groups is 1. The summed E-state index contributed by atoms with van der Waals surface area (Å²) < 4.78 is 26.9. The first-order chi connectivity index (χ1) is 15.8. The average molecular weight is 449 g/mol. The second-order valence-corrected chi connectivity index (χ2v) is 9.15. The molecule has 6 heteroatoms. The van der Waals surface area contributed by atoms with Crippen LogP contribution in [0, 0.1) is 5.82 Å². The summed E-state index contributed by atoms with van der Waals surface area (Å²) in [7, 11) is 0. The molecule has 1 aliphatic heterocycles. The van der Waals surface area contributed by atoms with Crippen LogP contribution in [0.1, 0.15) is 40.0 Å². The van der Waals surface area contributed by atoms with E-state index in [1.54, 1.807) is 35.4 Å². The molecule has 2 aromatic carbocycles. The fourth-order valence-electron chi connectivity index (χ4n) is 3.90. The number of hydrogen-bond acceptors (Lipinski definition) is 4. The lowest BCUT2D eigenvalue weighted by molar-refractivity contribution is -0.0342. The van der Waals surface area contributed by atoms with Gasteiger partial charge in [-0.1, -0.05) is 30.3 Å². The molecule has 4 rings (SSSR count). The lowest BCUT2D eigenvalue weighted by atomic mass is 10.0. The minimum atomic E-state index is -0.561. The molecule has 1 aliphatic rings. The Morgan fingerprint density at radius 2 is 1.76 bits per heavy atom. The summed E-state index contributed by atoms with van der Waals surface area (Å²) >= 11 is 0. The molecule has 1 unspecified atom stereocenters. The van der Waals surface area contributed by atoms with E-state index in [1.165, 1.54) is 0 Å². The Morgan fingerprint density at radius 3 is 2.45 bits per heavy atom. The first-order valence-electron chi connectivity index (χ1n) is 11.3. The van der Waals surface area contributed by atoms with E-state index >= 15 is 4.39 Å². The molecule has 2 heterocycles. The molecule has 172 valence electrons. The van der Waals surface area contributed by atoms with Crippen LogP contribution >= 0.6 is 0 Å². The van der Waals surface area contributed by atoms with Crippen LogP contribution in [0.4, 0.5) is 9.18 Å². The highest BCUT2D eigenvalue weighted by molar-refractivity contribution is 5.73. The van der Waals surface area contributed by atoms with Crippen LogP contribution in [0.15, 0.2) is 66.9 Å². The Bertz CT molecular complexity index is 1090. The number of amides is 1. The lowest BCUT2D eigenvalue weighted by Gasteiger charge is -2.36. The van der Waals surface area contributed by atoms with Gasteiger partial charge in [0.15, 0.2) is 6.23 Å². The van der Waals surface area contributed by atoms with E-state index in [0.29, 0.717) is 29.1 Å². The van der Waals surface area contributed by atoms with Crippen molar-refractivity contribution >= 4 is 6.09 Å². The van der Waals surface area contributed by atoms with Gasteiger partial charge in [-0.05, 0) is 69.5 Å². The molecule has 0 radical (unpaired) electrons. The molecule has 0 N–H and O–H groups in total. The number of hydrogen-bond donors (Lipinski definition) is 0. The molecule has 5 nitrogen and oxygen atoms in total. The summed E-state index contributed by atoms with van der Waals surface area (Å²) in [5, 5.41) is 0. The van der Waals surface area contributed by atoms with Gasteiger partial charge in [-0.15, -0.1) is 0 Å². The lowest BCUT2D eigenvalue weighted by Crippen LogP contribution is -2.48. The molecule has 1 amide bonds. The standard InChI is InChI=1S/C27H29FN2O3/c1-27(2,3)33-26(31)30-18-7-5-12-24(30)32-20-15-13-19(14-16-20)21-9-8-10-22(25(21)28)23-11-4-6-17-29-23/h4,6,8-11,13-17,24H,5,7,12,18H2,1-3H3. The third kappa shape index (κ3) is 5.51. The molecule has 1 fully saturated rings. The van der Waals surface area contributed by atoms with E-state index in [-0.39, 0.29) is 18.1 Å². The summed E-state index contributed by atoms with van der Waals surface area (Å²) in [6.07, 6.45) is 3.54. The highest BCUT2D eigenvalue weighted by atomic mass is 19.1. The van der Waals surface area contributed by atoms with Crippen molar-refractivity contribution in [2.24, 2.45) is 0 Å². The number of carbonyl (C=O) groups excluding carboxylic acids is 1. The Hall–Kier alpha value is -3.41. The first-order valence-corrected chi connectivity index (χ1v) is 11.3. The summed E-state index contributed by atoms with van der Waals surface area (Å²) in [6.45, 7) is 6.16. The van der Waals surface area contributed by atoms with Gasteiger partial charge in [0.25, 0.3) is 0 Å². The predicted molar refractivity (Wildman–Crippen MR) is 126 cm³/mol. The van der Waals surface area contributed by atoms with Gasteiger partial charge in [-0.25, -0.2) is 9.18 Å². The van der Waals surface area contributed by atoms with Crippen molar-refractivity contribution < 1.29 is 18.7 Å². The normalized spacial score (nSPS) is 16.4. The quantitative estimate of drug-likeness (QED) is 0.447. The molecule has 0 aliphatic carbocycles. The van der Waals surface area contributed by atoms with E-state index < -0.39 is 5.60 Å². The summed E-state index contributed by atoms with van der Waals surface area (Å²) in [5.41, 5.74) is 1.73. The van der Waals surface area contributed by atoms with Crippen molar-refractivity contribution in [1.29, 1.82) is 0 Å². The van der Waals surface area contributed by atoms with Gasteiger partial charge in [0.1, 0.15) is 17.2 Å². The van der Waals surface area contributed by atoms with Gasteiger partial charge >= 0.3 is 6.09 Å². The largest absolute Gasteiger partial charge is 0.470 e. The topological polar surface area (TPSA) is 51.7 Å². The molecule has 3 aromatic rings. The van der Waals surface area contributed by atoms with Crippen molar-refractivity contribution in [2.75, 3.05) is 6.54 Å². The molecular formula is C27H29FN2O3. The molecule has 0 spiro atoms. The van der Waals surface area contributed by atoms with E-state index in [4.69, 9.17) is 9.47 Å². The van der Waals surface area contributed by atoms with Crippen molar-refractivity contribution in [3.63, 3.8) is 0 Å². The maximum absolute atomic E-state index is 15.3. The first kappa shape index (κ1) is 22.8. The van der Waals surface area contributed by atoms with Crippen molar-refractivity contribution in [3.8, 4) is 28.1 Å². The Morgan fingerprint density at radius 1 is 1.00 bits per heavy atom. The minimum Gasteiger partial charge on any atom is -0.470 e. The van der Waals surface area contributed by atoms with Crippen LogP contribution in [-0.2, 0) is 4.74 Å². The van der Waals surface area contributed by atoms with Crippen LogP contribution in [0.25, 0.3) is 22.4 Å². The second kappa shape index (κ2) is 9.61. The van der Waals surface area contributed by atoms with Gasteiger partial charge in [-0.3, -0.25) is 9.88 Å². The third-order valence-electron chi connectivity index (χ3n) is 5.45. The van der Waals surface area contributed by atoms with Crippen LogP contribution in [0.3, 0.4) is 0 Å². The summed E-state index contributed by atoms with van der Waals surface area (Å²) in [6, 6.07) is 18.0. The summed E-state index contributed by atoms with van der Waals surface area (Å²) in [5.74, 6) is 0.314. The highest BCUT2D eigenvalue weighted by Gasteiger charge is 2.31. The fraction of sp³-hybridized carbons (Fsp3) is 0.333. The number of pyridine rings is 1. The number of ether oxygens (including phenoxy) is 2. The number of likely N-dealkylation sites (tertiary alicyclic amines) is 1. The van der Waals surface area contributed by atoms with Gasteiger partial charge in [-0.2, -0.15) is 0 Å². The molecular weight excluding hydrogens is 419 g/mol. The zero-order valence-electron chi connectivity index (χ0n) is 19.3. The van der Waals surface area contributed by atoms with Gasteiger partial charge in [0.2, 0.25) is 0 Å². The third-order valence-corrected chi connectivity index (χ3v) is 5.45. The molecule has 0 saturated carbocycles. The smallest absolute Gasteiger partial charge is 0.413 e. The molecule has 1 atom stereocenters. The average Bonchev–Trinajstić information content (AvgIpc) is 2.80. The number of nitrogens with zero attached hydrogens (tertiary/aromatic N) is 2. The minimum absolute atomic E-state index is 0.312. The van der Waals surface area contributed by atoms with Crippen molar-refractivity contribution in [1.82, 2.24) is 9.88 Å². The number of piperidine rings is 1. The molecule has 1 saturated heterocycles. The second-order valence-electron chi connectivity index (χ2n) is 9.15. The zero-order valence-corrected chi connectivity index (χ0v) is 19.3. The van der Waals surface area contributed by atoms with Gasteiger partial charge < -0.3 is 9.47 Å². The number of benzene rings is 2. The fourth-order valence-corrected chi connectivity index (χ4v) is 3.90. The molecule has 0 bridgehead atoms. The van der Waals surface area contributed by atoms with Gasteiger partial charge in [0.05, 0.1) is 5.69 Å². The Kier molecular flexibility index (Phi) is 6.63. The van der Waals surface area contributed by atoms with Crippen molar-refractivity contribution in [3.05, 3.63) is 72.7 Å². The molecule has 1 aromatic heterocycles. The SMILES string of the molecule is CC(C)(C)OC(=O)N1CCCCC1Oc1ccc(-c2cccc(-c3ccccn3)c2F)cc1. The number of halogens is 1. The van der Waals surface area contributed by atoms with Crippen LogP contribution in [0.2, 0.25) is 0 Å². The van der Waals surface area contributed by atoms with E-state index in [0.717, 1.165) is 24.8 Å². The maximum atomic E-state index is 15.3. The van der Waals surface area contributed by atoms with Crippen LogP contribution in [0.5, 0.6) is 5.75 Å². The highest BCUT2D eigenvalue weighted by Crippen LogP contribution is 2.32. The van der Waals surface area contributed by atoms with Crippen LogP contribution < -0.4 is 4.74 Å². The van der Waals surface area contributed by atoms with Crippen LogP contribution in [-0.4, -0.2) is 34.4 Å². The molecule has 33 heavy (non-hydrogen) atoms. The van der Waals surface area contributed by atoms with E-state index in [9.17, 15) is 4.79 Å². The van der Waals surface area contributed by atoms with E-state index in [1.807, 2.05) is 57.2 Å². The maximum Gasteiger partial charge on any atom is 0.413 e.